The number of nitrogens with zero attached hydrogens (tertiary/aromatic N) is 2. The minimum atomic E-state index is -0.187. The SMILES string of the molecule is CCCCN1C2COCC1CC(NC(=O)c1n[nH]c3c(O)cccc13)C2. The number of piperidine rings is 1. The fourth-order valence-electron chi connectivity index (χ4n) is 4.27. The number of hydrogen-bond donors (Lipinski definition) is 3. The van der Waals surface area contributed by atoms with Crippen LogP contribution in [0.15, 0.2) is 18.2 Å². The molecule has 3 N–H and O–H groups in total. The fourth-order valence-corrected chi connectivity index (χ4v) is 4.27. The lowest BCUT2D eigenvalue weighted by Crippen LogP contribution is -2.60. The second-order valence-corrected chi connectivity index (χ2v) is 7.35. The standard InChI is InChI=1S/C19H26N4O3/c1-2-3-7-23-13-8-12(9-14(23)11-26-10-13)20-19(25)18-15-5-4-6-16(24)17(15)21-22-18/h4-6,12-14,24H,2-3,7-11H2,1H3,(H,20,25)(H,21,22). The average Bonchev–Trinajstić information content (AvgIpc) is 3.05. The predicted molar refractivity (Wildman–Crippen MR) is 98.3 cm³/mol. The van der Waals surface area contributed by atoms with Gasteiger partial charge in [-0.3, -0.25) is 14.8 Å². The third kappa shape index (κ3) is 3.17. The van der Waals surface area contributed by atoms with Crippen LogP contribution in [0.4, 0.5) is 0 Å². The molecule has 7 nitrogen and oxygen atoms in total. The summed E-state index contributed by atoms with van der Waals surface area (Å²) in [6.07, 6.45) is 4.20. The molecule has 0 spiro atoms. The molecular weight excluding hydrogens is 332 g/mol. The van der Waals surface area contributed by atoms with Crippen LogP contribution in [0.1, 0.15) is 43.1 Å². The number of hydrogen-bond acceptors (Lipinski definition) is 5. The number of unbranched alkanes of at least 4 members (excludes halogenated alkanes) is 1. The number of amides is 1. The number of aromatic nitrogens is 2. The van der Waals surface area contributed by atoms with Crippen LogP contribution in [0.25, 0.3) is 10.9 Å². The van der Waals surface area contributed by atoms with Crippen molar-refractivity contribution in [2.24, 2.45) is 0 Å². The zero-order valence-electron chi connectivity index (χ0n) is 15.1. The lowest BCUT2D eigenvalue weighted by molar-refractivity contribution is -0.0802. The number of phenolic OH excluding ortho intramolecular Hbond substituents is 1. The topological polar surface area (TPSA) is 90.5 Å². The molecule has 1 aromatic carbocycles. The number of rotatable bonds is 5. The van der Waals surface area contributed by atoms with Crippen molar-refractivity contribution in [3.05, 3.63) is 23.9 Å². The van der Waals surface area contributed by atoms with Gasteiger partial charge in [-0.2, -0.15) is 5.10 Å². The lowest BCUT2D eigenvalue weighted by atomic mass is 9.89. The van der Waals surface area contributed by atoms with Crippen LogP contribution in [0.3, 0.4) is 0 Å². The Balaban J connectivity index is 1.46. The number of fused-ring (bicyclic) bond motifs is 3. The zero-order valence-corrected chi connectivity index (χ0v) is 15.1. The number of H-pyrrole nitrogens is 1. The largest absolute Gasteiger partial charge is 0.506 e. The van der Waals surface area contributed by atoms with Crippen molar-refractivity contribution < 1.29 is 14.6 Å². The van der Waals surface area contributed by atoms with E-state index in [2.05, 4.69) is 27.3 Å². The molecule has 0 saturated carbocycles. The van der Waals surface area contributed by atoms with Gasteiger partial charge in [0.1, 0.15) is 11.3 Å². The van der Waals surface area contributed by atoms with Gasteiger partial charge >= 0.3 is 0 Å². The maximum Gasteiger partial charge on any atom is 0.272 e. The summed E-state index contributed by atoms with van der Waals surface area (Å²) in [7, 11) is 0. The molecule has 2 atom stereocenters. The van der Waals surface area contributed by atoms with E-state index < -0.39 is 0 Å². The van der Waals surface area contributed by atoms with Gasteiger partial charge in [-0.15, -0.1) is 0 Å². The first-order chi connectivity index (χ1) is 12.7. The highest BCUT2D eigenvalue weighted by Crippen LogP contribution is 2.29. The monoisotopic (exact) mass is 358 g/mol. The Bertz CT molecular complexity index is 776. The molecule has 26 heavy (non-hydrogen) atoms. The molecule has 7 heteroatoms. The molecule has 2 bridgehead atoms. The van der Waals surface area contributed by atoms with E-state index in [0.717, 1.165) is 32.6 Å². The Labute approximate surface area is 152 Å². The van der Waals surface area contributed by atoms with E-state index in [9.17, 15) is 9.90 Å². The van der Waals surface area contributed by atoms with Crippen LogP contribution in [0.5, 0.6) is 5.75 Å². The van der Waals surface area contributed by atoms with Crippen LogP contribution in [-0.4, -0.2) is 64.0 Å². The van der Waals surface area contributed by atoms with Gasteiger partial charge in [0.05, 0.1) is 13.2 Å². The van der Waals surface area contributed by atoms with E-state index in [0.29, 0.717) is 28.7 Å². The quantitative estimate of drug-likeness (QED) is 0.761. The molecule has 2 aliphatic heterocycles. The highest BCUT2D eigenvalue weighted by Gasteiger charge is 2.39. The van der Waals surface area contributed by atoms with Gasteiger partial charge in [0.25, 0.3) is 5.91 Å². The summed E-state index contributed by atoms with van der Waals surface area (Å²) in [4.78, 5) is 15.3. The second-order valence-electron chi connectivity index (χ2n) is 7.35. The van der Waals surface area contributed by atoms with Gasteiger partial charge < -0.3 is 15.2 Å². The number of ether oxygens (including phenoxy) is 1. The number of morpholine rings is 1. The Morgan fingerprint density at radius 1 is 1.38 bits per heavy atom. The van der Waals surface area contributed by atoms with Crippen molar-refractivity contribution >= 4 is 16.8 Å². The zero-order chi connectivity index (χ0) is 18.1. The summed E-state index contributed by atoms with van der Waals surface area (Å²) >= 11 is 0. The maximum atomic E-state index is 12.8. The molecule has 2 aromatic rings. The summed E-state index contributed by atoms with van der Waals surface area (Å²) in [5, 5.41) is 20.5. The van der Waals surface area contributed by atoms with Crippen LogP contribution in [-0.2, 0) is 4.74 Å². The van der Waals surface area contributed by atoms with Gasteiger partial charge in [-0.05, 0) is 31.9 Å². The van der Waals surface area contributed by atoms with Crippen molar-refractivity contribution in [2.75, 3.05) is 19.8 Å². The normalized spacial score (nSPS) is 26.1. The van der Waals surface area contributed by atoms with Crippen molar-refractivity contribution in [1.82, 2.24) is 20.4 Å². The molecule has 2 unspecified atom stereocenters. The Morgan fingerprint density at radius 2 is 2.15 bits per heavy atom. The molecule has 0 radical (unpaired) electrons. The van der Waals surface area contributed by atoms with E-state index in [4.69, 9.17) is 4.74 Å². The minimum Gasteiger partial charge on any atom is -0.506 e. The molecule has 2 fully saturated rings. The number of aromatic hydroxyl groups is 1. The second kappa shape index (κ2) is 7.25. The number of para-hydroxylation sites is 1. The molecule has 3 heterocycles. The maximum absolute atomic E-state index is 12.8. The third-order valence-corrected chi connectivity index (χ3v) is 5.57. The number of nitrogens with one attached hydrogen (secondary N) is 2. The molecule has 0 aliphatic carbocycles. The molecule has 4 rings (SSSR count). The Hall–Kier alpha value is -2.12. The molecule has 1 amide bonds. The molecule has 1 aromatic heterocycles. The van der Waals surface area contributed by atoms with Crippen molar-refractivity contribution in [3.8, 4) is 5.75 Å². The van der Waals surface area contributed by atoms with E-state index >= 15 is 0 Å². The first-order valence-corrected chi connectivity index (χ1v) is 9.47. The van der Waals surface area contributed by atoms with Gasteiger partial charge in [0.2, 0.25) is 0 Å². The summed E-state index contributed by atoms with van der Waals surface area (Å²) in [6.45, 7) is 4.81. The highest BCUT2D eigenvalue weighted by molar-refractivity contribution is 6.05. The predicted octanol–water partition coefficient (Wildman–Crippen LogP) is 2.03. The van der Waals surface area contributed by atoms with Gasteiger partial charge in [-0.1, -0.05) is 25.5 Å². The number of benzene rings is 1. The molecule has 2 saturated heterocycles. The van der Waals surface area contributed by atoms with Gasteiger partial charge in [-0.25, -0.2) is 0 Å². The molecule has 140 valence electrons. The number of carbonyl (C=O) groups is 1. The summed E-state index contributed by atoms with van der Waals surface area (Å²) < 4.78 is 5.74. The van der Waals surface area contributed by atoms with Crippen molar-refractivity contribution in [2.45, 2.75) is 50.7 Å². The highest BCUT2D eigenvalue weighted by atomic mass is 16.5. The summed E-state index contributed by atoms with van der Waals surface area (Å²) in [6, 6.07) is 5.97. The minimum absolute atomic E-state index is 0.102. The van der Waals surface area contributed by atoms with Crippen molar-refractivity contribution in [3.63, 3.8) is 0 Å². The van der Waals surface area contributed by atoms with Crippen LogP contribution in [0, 0.1) is 0 Å². The fraction of sp³-hybridized carbons (Fsp3) is 0.579. The molecular formula is C19H26N4O3. The number of aromatic amines is 1. The first-order valence-electron chi connectivity index (χ1n) is 9.47. The van der Waals surface area contributed by atoms with Crippen LogP contribution >= 0.6 is 0 Å². The number of carbonyl (C=O) groups excluding carboxylic acids is 1. The lowest BCUT2D eigenvalue weighted by Gasteiger charge is -2.48. The Morgan fingerprint density at radius 3 is 2.88 bits per heavy atom. The molecule has 2 aliphatic rings. The van der Waals surface area contributed by atoms with Crippen molar-refractivity contribution in [1.29, 1.82) is 0 Å². The van der Waals surface area contributed by atoms with E-state index in [1.165, 1.54) is 12.8 Å². The van der Waals surface area contributed by atoms with Gasteiger partial charge in [0.15, 0.2) is 5.69 Å². The van der Waals surface area contributed by atoms with E-state index in [1.807, 2.05) is 0 Å². The summed E-state index contributed by atoms with van der Waals surface area (Å²) in [5.74, 6) is -0.0854. The first kappa shape index (κ1) is 17.3. The smallest absolute Gasteiger partial charge is 0.272 e. The third-order valence-electron chi connectivity index (χ3n) is 5.57. The van der Waals surface area contributed by atoms with Crippen LogP contribution in [0.2, 0.25) is 0 Å². The number of phenols is 1. The Kier molecular flexibility index (Phi) is 4.82. The summed E-state index contributed by atoms with van der Waals surface area (Å²) in [5.41, 5.74) is 0.836. The average molecular weight is 358 g/mol. The van der Waals surface area contributed by atoms with E-state index in [1.54, 1.807) is 18.2 Å². The van der Waals surface area contributed by atoms with Crippen LogP contribution < -0.4 is 5.32 Å². The van der Waals surface area contributed by atoms with Gasteiger partial charge in [0, 0.05) is 23.5 Å². The van der Waals surface area contributed by atoms with E-state index in [-0.39, 0.29) is 17.7 Å².